The lowest BCUT2D eigenvalue weighted by atomic mass is 10.1. The fourth-order valence-corrected chi connectivity index (χ4v) is 2.88. The number of nitrogens with one attached hydrogen (secondary N) is 1. The van der Waals surface area contributed by atoms with Crippen LogP contribution in [0.1, 0.15) is 37.8 Å². The summed E-state index contributed by atoms with van der Waals surface area (Å²) in [7, 11) is 1.50. The molecule has 2 N–H and O–H groups in total. The van der Waals surface area contributed by atoms with Crippen LogP contribution in [-0.4, -0.2) is 36.5 Å². The van der Waals surface area contributed by atoms with Gasteiger partial charge in [-0.3, -0.25) is 14.2 Å². The predicted octanol–water partition coefficient (Wildman–Crippen LogP) is 2.89. The van der Waals surface area contributed by atoms with Gasteiger partial charge in [0.15, 0.2) is 5.69 Å². The Bertz CT molecular complexity index is 1020. The maximum absolute atomic E-state index is 12.4. The monoisotopic (exact) mass is 387 g/mol. The molecule has 3 rings (SSSR count). The van der Waals surface area contributed by atoms with Gasteiger partial charge < -0.3 is 10.4 Å². The summed E-state index contributed by atoms with van der Waals surface area (Å²) in [5.74, 6) is -1.57. The number of hydrogen-bond acceptors (Lipinski definition) is 4. The minimum absolute atomic E-state index is 0.0821. The zero-order valence-electron chi connectivity index (χ0n) is 15.0. The molecule has 2 heterocycles. The number of anilines is 1. The molecule has 9 heteroatoms. The highest BCUT2D eigenvalue weighted by molar-refractivity contribution is 6.31. The van der Waals surface area contributed by atoms with E-state index in [9.17, 15) is 14.7 Å². The van der Waals surface area contributed by atoms with Crippen molar-refractivity contribution in [3.63, 3.8) is 0 Å². The minimum atomic E-state index is -1.16. The van der Waals surface area contributed by atoms with E-state index in [2.05, 4.69) is 15.5 Å². The molecule has 1 amide bonds. The molecule has 1 aromatic carbocycles. The van der Waals surface area contributed by atoms with Crippen LogP contribution in [0, 0.1) is 13.8 Å². The molecule has 0 saturated carbocycles. The lowest BCUT2D eigenvalue weighted by molar-refractivity contribution is 0.0686. The number of aryl methyl sites for hydroxylation is 2. The second-order valence-electron chi connectivity index (χ2n) is 6.13. The number of carbonyl (C=O) groups excluding carboxylic acids is 1. The Kier molecular flexibility index (Phi) is 5.00. The fraction of sp³-hybridized carbons (Fsp3) is 0.222. The molecule has 0 spiro atoms. The zero-order valence-corrected chi connectivity index (χ0v) is 15.8. The summed E-state index contributed by atoms with van der Waals surface area (Å²) in [6.07, 6.45) is 1.31. The summed E-state index contributed by atoms with van der Waals surface area (Å²) in [6.45, 7) is 4.29. The molecule has 140 valence electrons. The average molecular weight is 388 g/mol. The molecule has 3 aromatic rings. The molecule has 0 saturated heterocycles. The van der Waals surface area contributed by atoms with E-state index in [1.54, 1.807) is 12.1 Å². The first-order chi connectivity index (χ1) is 12.8. The maximum atomic E-state index is 12.4. The van der Waals surface area contributed by atoms with Gasteiger partial charge in [0.1, 0.15) is 0 Å². The molecular weight excluding hydrogens is 370 g/mol. The van der Waals surface area contributed by atoms with Gasteiger partial charge in [0, 0.05) is 12.6 Å². The van der Waals surface area contributed by atoms with E-state index in [1.165, 1.54) is 17.9 Å². The second-order valence-corrected chi connectivity index (χ2v) is 6.51. The van der Waals surface area contributed by atoms with Gasteiger partial charge in [-0.1, -0.05) is 23.7 Å². The van der Waals surface area contributed by atoms with Crippen LogP contribution in [0.5, 0.6) is 0 Å². The lowest BCUT2D eigenvalue weighted by Crippen LogP contribution is -2.15. The number of rotatable bonds is 5. The molecule has 2 aromatic heterocycles. The third kappa shape index (κ3) is 3.70. The summed E-state index contributed by atoms with van der Waals surface area (Å²) in [4.78, 5) is 23.7. The van der Waals surface area contributed by atoms with E-state index in [4.69, 9.17) is 11.6 Å². The Balaban J connectivity index is 1.74. The maximum Gasteiger partial charge on any atom is 0.356 e. The lowest BCUT2D eigenvalue weighted by Gasteiger charge is -2.07. The van der Waals surface area contributed by atoms with Crippen molar-refractivity contribution in [1.82, 2.24) is 19.6 Å². The summed E-state index contributed by atoms with van der Waals surface area (Å²) in [5.41, 5.74) is 3.09. The van der Waals surface area contributed by atoms with E-state index < -0.39 is 11.9 Å². The van der Waals surface area contributed by atoms with Crippen molar-refractivity contribution in [2.24, 2.45) is 7.05 Å². The summed E-state index contributed by atoms with van der Waals surface area (Å²) in [5, 5.41) is 20.7. The molecular formula is C18H18ClN5O3. The van der Waals surface area contributed by atoms with Gasteiger partial charge in [-0.2, -0.15) is 10.2 Å². The van der Waals surface area contributed by atoms with Gasteiger partial charge in [-0.05, 0) is 31.5 Å². The number of carboxylic acid groups (broad SMARTS) is 1. The summed E-state index contributed by atoms with van der Waals surface area (Å²) >= 11 is 6.16. The van der Waals surface area contributed by atoms with E-state index >= 15 is 0 Å². The number of aromatic nitrogens is 4. The van der Waals surface area contributed by atoms with Crippen LogP contribution in [-0.2, 0) is 13.6 Å². The van der Waals surface area contributed by atoms with Crippen molar-refractivity contribution in [2.45, 2.75) is 20.4 Å². The predicted molar refractivity (Wildman–Crippen MR) is 100 cm³/mol. The number of benzene rings is 1. The molecule has 0 radical (unpaired) electrons. The number of carbonyl (C=O) groups is 2. The van der Waals surface area contributed by atoms with Gasteiger partial charge >= 0.3 is 5.97 Å². The first-order valence-electron chi connectivity index (χ1n) is 8.13. The quantitative estimate of drug-likeness (QED) is 0.700. The van der Waals surface area contributed by atoms with Crippen molar-refractivity contribution >= 4 is 29.2 Å². The molecule has 0 unspecified atom stereocenters. The van der Waals surface area contributed by atoms with E-state index in [1.807, 2.05) is 30.7 Å². The van der Waals surface area contributed by atoms with Crippen molar-refractivity contribution in [3.05, 3.63) is 63.7 Å². The van der Waals surface area contributed by atoms with Crippen molar-refractivity contribution in [2.75, 3.05) is 5.32 Å². The van der Waals surface area contributed by atoms with Crippen LogP contribution < -0.4 is 5.32 Å². The van der Waals surface area contributed by atoms with Crippen LogP contribution in [0.4, 0.5) is 5.69 Å². The fourth-order valence-electron chi connectivity index (χ4n) is 2.74. The molecule has 0 aliphatic carbocycles. The normalized spacial score (nSPS) is 10.8. The minimum Gasteiger partial charge on any atom is -0.476 e. The van der Waals surface area contributed by atoms with Gasteiger partial charge in [0.05, 0.1) is 34.8 Å². The van der Waals surface area contributed by atoms with Crippen LogP contribution in [0.2, 0.25) is 5.02 Å². The molecule has 0 bridgehead atoms. The Hall–Kier alpha value is -3.13. The van der Waals surface area contributed by atoms with Gasteiger partial charge in [-0.25, -0.2) is 4.79 Å². The number of aromatic carboxylic acids is 1. The average Bonchev–Trinajstić information content (AvgIpc) is 3.10. The van der Waals surface area contributed by atoms with Crippen LogP contribution in [0.15, 0.2) is 30.5 Å². The molecule has 0 aliphatic heterocycles. The van der Waals surface area contributed by atoms with Crippen LogP contribution in [0.3, 0.4) is 0 Å². The third-order valence-corrected chi connectivity index (χ3v) is 4.78. The Morgan fingerprint density at radius 1 is 1.22 bits per heavy atom. The Labute approximate surface area is 160 Å². The van der Waals surface area contributed by atoms with E-state index in [0.29, 0.717) is 17.1 Å². The molecule has 27 heavy (non-hydrogen) atoms. The van der Waals surface area contributed by atoms with E-state index in [0.717, 1.165) is 17.0 Å². The standard InChI is InChI=1S/C18H18ClN5O3/c1-10-15(19)11(2)24(22-10)9-12-4-6-13(7-5-12)17(25)21-14-8-20-23(3)16(14)18(26)27/h4-8H,9H2,1-3H3,(H,21,25)(H,26,27). The van der Waals surface area contributed by atoms with Crippen molar-refractivity contribution in [1.29, 1.82) is 0 Å². The zero-order chi connectivity index (χ0) is 19.7. The first-order valence-corrected chi connectivity index (χ1v) is 8.50. The number of nitrogens with zero attached hydrogens (tertiary/aromatic N) is 4. The largest absolute Gasteiger partial charge is 0.476 e. The molecule has 8 nitrogen and oxygen atoms in total. The number of hydrogen-bond donors (Lipinski definition) is 2. The van der Waals surface area contributed by atoms with E-state index in [-0.39, 0.29) is 11.4 Å². The second kappa shape index (κ2) is 7.24. The number of carboxylic acids is 1. The van der Waals surface area contributed by atoms with Gasteiger partial charge in [-0.15, -0.1) is 0 Å². The molecule has 0 atom stereocenters. The first kappa shape index (κ1) is 18.7. The highest BCUT2D eigenvalue weighted by Crippen LogP contribution is 2.20. The summed E-state index contributed by atoms with van der Waals surface area (Å²) in [6, 6.07) is 6.99. The van der Waals surface area contributed by atoms with Crippen molar-refractivity contribution < 1.29 is 14.7 Å². The highest BCUT2D eigenvalue weighted by atomic mass is 35.5. The Morgan fingerprint density at radius 2 is 1.89 bits per heavy atom. The van der Waals surface area contributed by atoms with Gasteiger partial charge in [0.2, 0.25) is 0 Å². The number of amides is 1. The number of halogens is 1. The van der Waals surface area contributed by atoms with Crippen LogP contribution >= 0.6 is 11.6 Å². The SMILES string of the molecule is Cc1nn(Cc2ccc(C(=O)Nc3cnn(C)c3C(=O)O)cc2)c(C)c1Cl. The molecule has 0 fully saturated rings. The Morgan fingerprint density at radius 3 is 2.44 bits per heavy atom. The third-order valence-electron chi connectivity index (χ3n) is 4.23. The molecule has 0 aliphatic rings. The van der Waals surface area contributed by atoms with Gasteiger partial charge in [0.25, 0.3) is 5.91 Å². The highest BCUT2D eigenvalue weighted by Gasteiger charge is 2.18. The van der Waals surface area contributed by atoms with Crippen LogP contribution in [0.25, 0.3) is 0 Å². The van der Waals surface area contributed by atoms with Crippen molar-refractivity contribution in [3.8, 4) is 0 Å². The smallest absolute Gasteiger partial charge is 0.356 e. The topological polar surface area (TPSA) is 102 Å². The summed E-state index contributed by atoms with van der Waals surface area (Å²) < 4.78 is 3.00.